The predicted molar refractivity (Wildman–Crippen MR) is 98.3 cm³/mol. The van der Waals surface area contributed by atoms with Gasteiger partial charge in [-0.3, -0.25) is 4.79 Å². The summed E-state index contributed by atoms with van der Waals surface area (Å²) in [6, 6.07) is 2.86. The van der Waals surface area contributed by atoms with E-state index in [9.17, 15) is 31.1 Å². The molecule has 1 amide bonds. The fourth-order valence-electron chi connectivity index (χ4n) is 3.57. The largest absolute Gasteiger partial charge is 0.453 e. The molecule has 1 aliphatic rings. The number of nitrogens with zero attached hydrogens (tertiary/aromatic N) is 6. The SMILES string of the molecule is CCCCN(CC(F)(F)F)C(=O)C1CCN(c2ccc3nnc(C(F)(F)F)n3n2)CC1. The standard InChI is InChI=1S/C18H22F6N6O/c1-2-3-8-29(11-17(19,20)21)15(31)12-6-9-28(10-7-12)14-5-4-13-25-26-16(18(22,23)24)30(13)27-14/h4-5,12H,2-3,6-11H2,1H3. The van der Waals surface area contributed by atoms with Gasteiger partial charge in [-0.25, -0.2) is 0 Å². The molecule has 1 aliphatic heterocycles. The number of alkyl halides is 6. The van der Waals surface area contributed by atoms with Gasteiger partial charge in [0.1, 0.15) is 12.4 Å². The normalized spacial score (nSPS) is 16.2. The van der Waals surface area contributed by atoms with Crippen LogP contribution in [0.5, 0.6) is 0 Å². The van der Waals surface area contributed by atoms with Crippen molar-refractivity contribution in [3.63, 3.8) is 0 Å². The number of hydrogen-bond acceptors (Lipinski definition) is 5. The molecule has 0 spiro atoms. The Balaban J connectivity index is 1.69. The molecule has 3 heterocycles. The number of aromatic nitrogens is 4. The molecule has 0 saturated carbocycles. The summed E-state index contributed by atoms with van der Waals surface area (Å²) in [4.78, 5) is 15.2. The Hall–Kier alpha value is -2.60. The van der Waals surface area contributed by atoms with Crippen LogP contribution >= 0.6 is 0 Å². The topological polar surface area (TPSA) is 66.6 Å². The van der Waals surface area contributed by atoms with Crippen molar-refractivity contribution >= 4 is 17.4 Å². The Bertz CT molecular complexity index is 903. The molecule has 2 aromatic heterocycles. The van der Waals surface area contributed by atoms with E-state index in [0.29, 0.717) is 17.4 Å². The summed E-state index contributed by atoms with van der Waals surface area (Å²) in [5, 5.41) is 10.5. The van der Waals surface area contributed by atoms with Crippen LogP contribution in [0.2, 0.25) is 0 Å². The molecule has 0 N–H and O–H groups in total. The highest BCUT2D eigenvalue weighted by Crippen LogP contribution is 2.29. The first-order valence-electron chi connectivity index (χ1n) is 9.89. The number of anilines is 1. The molecule has 0 aromatic carbocycles. The molecule has 0 unspecified atom stereocenters. The molecule has 0 atom stereocenters. The number of rotatable bonds is 6. The molecule has 1 fully saturated rings. The summed E-state index contributed by atoms with van der Waals surface area (Å²) in [5.74, 6) is -2.10. The molecule has 0 aliphatic carbocycles. The lowest BCUT2D eigenvalue weighted by Crippen LogP contribution is -2.46. The summed E-state index contributed by atoms with van der Waals surface area (Å²) >= 11 is 0. The lowest BCUT2D eigenvalue weighted by Gasteiger charge is -2.35. The molecular formula is C18H22F6N6O. The smallest absolute Gasteiger partial charge is 0.355 e. The average Bonchev–Trinajstić information content (AvgIpc) is 3.13. The van der Waals surface area contributed by atoms with Crippen LogP contribution in [0.1, 0.15) is 38.4 Å². The molecule has 2 aromatic rings. The van der Waals surface area contributed by atoms with Crippen LogP contribution in [0.25, 0.3) is 5.65 Å². The van der Waals surface area contributed by atoms with E-state index in [2.05, 4.69) is 15.3 Å². The second-order valence-electron chi connectivity index (χ2n) is 7.47. The molecule has 172 valence electrons. The van der Waals surface area contributed by atoms with Crippen molar-refractivity contribution in [1.29, 1.82) is 0 Å². The number of carbonyl (C=O) groups is 1. The van der Waals surface area contributed by atoms with Gasteiger partial charge in [0, 0.05) is 25.6 Å². The molecule has 31 heavy (non-hydrogen) atoms. The van der Waals surface area contributed by atoms with Gasteiger partial charge in [0.25, 0.3) is 5.82 Å². The van der Waals surface area contributed by atoms with E-state index < -0.39 is 36.5 Å². The van der Waals surface area contributed by atoms with Gasteiger partial charge in [-0.1, -0.05) is 13.3 Å². The first-order valence-corrected chi connectivity index (χ1v) is 9.89. The number of carbonyl (C=O) groups excluding carboxylic acids is 1. The van der Waals surface area contributed by atoms with E-state index >= 15 is 0 Å². The van der Waals surface area contributed by atoms with Crippen LogP contribution in [0.4, 0.5) is 32.2 Å². The first kappa shape index (κ1) is 23.1. The van der Waals surface area contributed by atoms with Crippen molar-refractivity contribution in [2.45, 2.75) is 45.0 Å². The molecule has 0 bridgehead atoms. The zero-order valence-corrected chi connectivity index (χ0v) is 16.7. The van der Waals surface area contributed by atoms with Gasteiger partial charge < -0.3 is 9.80 Å². The van der Waals surface area contributed by atoms with Crippen molar-refractivity contribution in [2.75, 3.05) is 31.1 Å². The van der Waals surface area contributed by atoms with Gasteiger partial charge in [-0.2, -0.15) is 30.9 Å². The lowest BCUT2D eigenvalue weighted by molar-refractivity contribution is -0.164. The minimum atomic E-state index is -4.72. The zero-order chi connectivity index (χ0) is 22.8. The van der Waals surface area contributed by atoms with Crippen LogP contribution < -0.4 is 4.90 Å². The quantitative estimate of drug-likeness (QED) is 0.628. The van der Waals surface area contributed by atoms with E-state index in [4.69, 9.17) is 0 Å². The third-order valence-corrected chi connectivity index (χ3v) is 5.13. The third kappa shape index (κ3) is 5.56. The van der Waals surface area contributed by atoms with Crippen molar-refractivity contribution in [2.24, 2.45) is 5.92 Å². The minimum absolute atomic E-state index is 0.0428. The molecule has 3 rings (SSSR count). The maximum Gasteiger partial charge on any atom is 0.453 e. The summed E-state index contributed by atoms with van der Waals surface area (Å²) in [6.45, 7) is 1.16. The van der Waals surface area contributed by atoms with Crippen molar-refractivity contribution in [1.82, 2.24) is 24.7 Å². The van der Waals surface area contributed by atoms with E-state index in [1.165, 1.54) is 12.1 Å². The number of unbranched alkanes of at least 4 members (excludes halogenated alkanes) is 1. The molecule has 1 saturated heterocycles. The second kappa shape index (κ2) is 8.87. The highest BCUT2D eigenvalue weighted by Gasteiger charge is 2.38. The van der Waals surface area contributed by atoms with Gasteiger partial charge in [-0.05, 0) is 31.4 Å². The Morgan fingerprint density at radius 1 is 1.13 bits per heavy atom. The van der Waals surface area contributed by atoms with Crippen LogP contribution in [-0.2, 0) is 11.0 Å². The summed E-state index contributed by atoms with van der Waals surface area (Å²) in [6.07, 6.45) is -7.48. The Morgan fingerprint density at radius 2 is 1.81 bits per heavy atom. The number of fused-ring (bicyclic) bond motifs is 1. The van der Waals surface area contributed by atoms with Crippen molar-refractivity contribution in [3.8, 4) is 0 Å². The van der Waals surface area contributed by atoms with Gasteiger partial charge in [0.2, 0.25) is 5.91 Å². The van der Waals surface area contributed by atoms with Gasteiger partial charge >= 0.3 is 12.4 Å². The van der Waals surface area contributed by atoms with Crippen LogP contribution in [0, 0.1) is 5.92 Å². The molecule has 0 radical (unpaired) electrons. The maximum atomic E-state index is 13.0. The number of piperidine rings is 1. The van der Waals surface area contributed by atoms with E-state index in [-0.39, 0.29) is 43.9 Å². The van der Waals surface area contributed by atoms with Crippen molar-refractivity contribution in [3.05, 3.63) is 18.0 Å². The van der Waals surface area contributed by atoms with E-state index in [1.54, 1.807) is 4.90 Å². The first-order chi connectivity index (χ1) is 14.5. The van der Waals surface area contributed by atoms with Crippen molar-refractivity contribution < 1.29 is 31.1 Å². The maximum absolute atomic E-state index is 13.0. The van der Waals surface area contributed by atoms with E-state index in [0.717, 1.165) is 4.90 Å². The number of halogens is 6. The Kier molecular flexibility index (Phi) is 6.60. The van der Waals surface area contributed by atoms with Crippen LogP contribution in [-0.4, -0.2) is 63.0 Å². The third-order valence-electron chi connectivity index (χ3n) is 5.13. The van der Waals surface area contributed by atoms with Gasteiger partial charge in [0.15, 0.2) is 5.65 Å². The summed E-state index contributed by atoms with van der Waals surface area (Å²) < 4.78 is 78.3. The predicted octanol–water partition coefficient (Wildman–Crippen LogP) is 3.55. The minimum Gasteiger partial charge on any atom is -0.355 e. The van der Waals surface area contributed by atoms with Crippen LogP contribution in [0.15, 0.2) is 12.1 Å². The Morgan fingerprint density at radius 3 is 2.39 bits per heavy atom. The van der Waals surface area contributed by atoms with Gasteiger partial charge in [-0.15, -0.1) is 15.3 Å². The summed E-state index contributed by atoms with van der Waals surface area (Å²) in [5.41, 5.74) is -0.0557. The number of amides is 1. The number of hydrogen-bond donors (Lipinski definition) is 0. The zero-order valence-electron chi connectivity index (χ0n) is 16.7. The molecular weight excluding hydrogens is 430 g/mol. The second-order valence-corrected chi connectivity index (χ2v) is 7.47. The fraction of sp³-hybridized carbons (Fsp3) is 0.667. The highest BCUT2D eigenvalue weighted by atomic mass is 19.4. The highest BCUT2D eigenvalue weighted by molar-refractivity contribution is 5.79. The Labute approximate surface area is 174 Å². The van der Waals surface area contributed by atoms with E-state index in [1.807, 2.05) is 6.92 Å². The lowest BCUT2D eigenvalue weighted by atomic mass is 9.95. The van der Waals surface area contributed by atoms with Crippen LogP contribution in [0.3, 0.4) is 0 Å². The fourth-order valence-corrected chi connectivity index (χ4v) is 3.57. The van der Waals surface area contributed by atoms with Gasteiger partial charge in [0.05, 0.1) is 0 Å². The summed E-state index contributed by atoms with van der Waals surface area (Å²) in [7, 11) is 0. The molecule has 13 heteroatoms. The average molecular weight is 452 g/mol. The monoisotopic (exact) mass is 452 g/mol. The molecule has 7 nitrogen and oxygen atoms in total.